The Hall–Kier alpha value is -3.53. The molecule has 10 heteroatoms. The predicted molar refractivity (Wildman–Crippen MR) is 138 cm³/mol. The van der Waals surface area contributed by atoms with Gasteiger partial charge >= 0.3 is 0 Å². The lowest BCUT2D eigenvalue weighted by Crippen LogP contribution is -2.22. The molecule has 180 valence electrons. The molecule has 9 nitrogen and oxygen atoms in total. The van der Waals surface area contributed by atoms with Gasteiger partial charge in [0.25, 0.3) is 0 Å². The Balaban J connectivity index is 1.41. The molecule has 0 spiro atoms. The molecule has 4 aromatic rings. The standard InChI is InChI=1S/C25H29N9S/c1-16-8-3-5-11-19(16)28-24-30-21(29-23(26)31-24)15-35-25-33-32-22(18-10-7-13-27-14-18)34(25)20-12-6-4-9-17(20)2/h3,5,7-8,10-11,13-14,17,20H,4,6,9,12,15H2,1-2H3,(H3,26,28,29,30,31)/t17-,20-/m0/s1. The van der Waals surface area contributed by atoms with Gasteiger partial charge in [0.1, 0.15) is 5.82 Å². The van der Waals surface area contributed by atoms with Gasteiger partial charge in [-0.25, -0.2) is 0 Å². The van der Waals surface area contributed by atoms with E-state index in [0.29, 0.717) is 29.5 Å². The fourth-order valence-corrected chi connectivity index (χ4v) is 5.41. The van der Waals surface area contributed by atoms with E-state index in [0.717, 1.165) is 34.2 Å². The van der Waals surface area contributed by atoms with Crippen molar-refractivity contribution in [3.8, 4) is 11.4 Å². The van der Waals surface area contributed by atoms with Crippen LogP contribution in [0.4, 0.5) is 17.6 Å². The predicted octanol–water partition coefficient (Wildman–Crippen LogP) is 5.20. The summed E-state index contributed by atoms with van der Waals surface area (Å²) in [6.45, 7) is 4.35. The first kappa shape index (κ1) is 23.2. The van der Waals surface area contributed by atoms with Crippen LogP contribution in [0.25, 0.3) is 11.4 Å². The minimum atomic E-state index is 0.185. The summed E-state index contributed by atoms with van der Waals surface area (Å²) in [6, 6.07) is 12.3. The number of aryl methyl sites for hydroxylation is 1. The van der Waals surface area contributed by atoms with Crippen LogP contribution < -0.4 is 11.1 Å². The van der Waals surface area contributed by atoms with Gasteiger partial charge in [-0.3, -0.25) is 9.55 Å². The smallest absolute Gasteiger partial charge is 0.232 e. The van der Waals surface area contributed by atoms with Crippen LogP contribution in [0.3, 0.4) is 0 Å². The average Bonchev–Trinajstić information content (AvgIpc) is 3.28. The Morgan fingerprint density at radius 2 is 1.91 bits per heavy atom. The van der Waals surface area contributed by atoms with Gasteiger partial charge in [-0.2, -0.15) is 15.0 Å². The Morgan fingerprint density at radius 3 is 2.71 bits per heavy atom. The third kappa shape index (κ3) is 5.27. The number of rotatable bonds is 7. The lowest BCUT2D eigenvalue weighted by atomic mass is 9.85. The van der Waals surface area contributed by atoms with Gasteiger partial charge in [0, 0.05) is 29.7 Å². The average molecular weight is 488 g/mol. The highest BCUT2D eigenvalue weighted by molar-refractivity contribution is 7.98. The van der Waals surface area contributed by atoms with E-state index in [1.807, 2.05) is 49.5 Å². The molecule has 0 radical (unpaired) electrons. The Labute approximate surface area is 209 Å². The fourth-order valence-electron chi connectivity index (χ4n) is 4.57. The van der Waals surface area contributed by atoms with Gasteiger partial charge in [0.15, 0.2) is 11.0 Å². The number of pyridine rings is 1. The number of nitrogens with two attached hydrogens (primary N) is 1. The van der Waals surface area contributed by atoms with Crippen LogP contribution in [0.15, 0.2) is 53.9 Å². The lowest BCUT2D eigenvalue weighted by molar-refractivity contribution is 0.247. The van der Waals surface area contributed by atoms with Gasteiger partial charge in [-0.05, 0) is 49.4 Å². The van der Waals surface area contributed by atoms with E-state index in [4.69, 9.17) is 5.73 Å². The van der Waals surface area contributed by atoms with Crippen molar-refractivity contribution in [2.45, 2.75) is 56.5 Å². The number of nitrogens with zero attached hydrogens (tertiary/aromatic N) is 7. The van der Waals surface area contributed by atoms with Crippen LogP contribution in [0, 0.1) is 12.8 Å². The number of hydrogen-bond acceptors (Lipinski definition) is 9. The van der Waals surface area contributed by atoms with Crippen LogP contribution in [0.5, 0.6) is 0 Å². The summed E-state index contributed by atoms with van der Waals surface area (Å²) in [6.07, 6.45) is 8.42. The zero-order valence-electron chi connectivity index (χ0n) is 19.9. The molecular formula is C25H29N9S. The summed E-state index contributed by atoms with van der Waals surface area (Å²) >= 11 is 1.57. The molecule has 0 bridgehead atoms. The number of para-hydroxylation sites is 1. The molecule has 0 aliphatic heterocycles. The minimum Gasteiger partial charge on any atom is -0.368 e. The van der Waals surface area contributed by atoms with Crippen molar-refractivity contribution >= 4 is 29.3 Å². The summed E-state index contributed by atoms with van der Waals surface area (Å²) in [5.74, 6) is 3.11. The number of aromatic nitrogens is 7. The second-order valence-electron chi connectivity index (χ2n) is 8.91. The van der Waals surface area contributed by atoms with E-state index >= 15 is 0 Å². The van der Waals surface area contributed by atoms with Gasteiger partial charge in [0.2, 0.25) is 11.9 Å². The number of nitrogens with one attached hydrogen (secondary N) is 1. The fraction of sp³-hybridized carbons (Fsp3) is 0.360. The van der Waals surface area contributed by atoms with Gasteiger partial charge in [-0.15, -0.1) is 10.2 Å². The first-order chi connectivity index (χ1) is 17.1. The first-order valence-corrected chi connectivity index (χ1v) is 12.9. The maximum absolute atomic E-state index is 6.01. The highest BCUT2D eigenvalue weighted by Gasteiger charge is 2.29. The Kier molecular flexibility index (Phi) is 6.89. The maximum atomic E-state index is 6.01. The van der Waals surface area contributed by atoms with Crippen molar-refractivity contribution in [1.82, 2.24) is 34.7 Å². The molecule has 0 unspecified atom stereocenters. The maximum Gasteiger partial charge on any atom is 0.232 e. The highest BCUT2D eigenvalue weighted by Crippen LogP contribution is 2.39. The van der Waals surface area contributed by atoms with Crippen molar-refractivity contribution < 1.29 is 0 Å². The number of hydrogen-bond donors (Lipinski definition) is 2. The van der Waals surface area contributed by atoms with E-state index in [9.17, 15) is 0 Å². The molecule has 1 aliphatic carbocycles. The number of benzene rings is 1. The van der Waals surface area contributed by atoms with Crippen LogP contribution >= 0.6 is 11.8 Å². The topological polar surface area (TPSA) is 120 Å². The van der Waals surface area contributed by atoms with E-state index in [2.05, 4.69) is 46.9 Å². The van der Waals surface area contributed by atoms with Crippen molar-refractivity contribution in [2.24, 2.45) is 5.92 Å². The van der Waals surface area contributed by atoms with Crippen LogP contribution in [-0.2, 0) is 5.75 Å². The van der Waals surface area contributed by atoms with Crippen molar-refractivity contribution in [3.05, 3.63) is 60.2 Å². The molecule has 1 aliphatic rings. The van der Waals surface area contributed by atoms with Crippen molar-refractivity contribution in [3.63, 3.8) is 0 Å². The largest absolute Gasteiger partial charge is 0.368 e. The number of thioether (sulfide) groups is 1. The van der Waals surface area contributed by atoms with Crippen molar-refractivity contribution in [2.75, 3.05) is 11.1 Å². The van der Waals surface area contributed by atoms with Gasteiger partial charge in [-0.1, -0.05) is 49.7 Å². The second-order valence-corrected chi connectivity index (χ2v) is 9.85. The van der Waals surface area contributed by atoms with E-state index < -0.39 is 0 Å². The molecule has 0 amide bonds. The SMILES string of the molecule is Cc1ccccc1Nc1nc(N)nc(CSc2nnc(-c3cccnc3)n2[C@H]2CCCC[C@@H]2C)n1. The lowest BCUT2D eigenvalue weighted by Gasteiger charge is -2.31. The van der Waals surface area contributed by atoms with E-state index in [1.165, 1.54) is 19.3 Å². The molecule has 1 saturated carbocycles. The number of nitrogen functional groups attached to an aromatic ring is 1. The molecule has 0 saturated heterocycles. The molecule has 3 aromatic heterocycles. The summed E-state index contributed by atoms with van der Waals surface area (Å²) in [4.78, 5) is 17.5. The summed E-state index contributed by atoms with van der Waals surface area (Å²) in [7, 11) is 0. The highest BCUT2D eigenvalue weighted by atomic mass is 32.2. The van der Waals surface area contributed by atoms with Crippen LogP contribution in [0.1, 0.15) is 50.0 Å². The van der Waals surface area contributed by atoms with Gasteiger partial charge < -0.3 is 11.1 Å². The van der Waals surface area contributed by atoms with Crippen LogP contribution in [0.2, 0.25) is 0 Å². The van der Waals surface area contributed by atoms with E-state index in [-0.39, 0.29) is 5.95 Å². The Bertz CT molecular complexity index is 1290. The first-order valence-electron chi connectivity index (χ1n) is 11.9. The quantitative estimate of drug-likeness (QED) is 0.339. The molecule has 3 N–H and O–H groups in total. The van der Waals surface area contributed by atoms with E-state index in [1.54, 1.807) is 18.0 Å². The molecular weight excluding hydrogens is 458 g/mol. The third-order valence-corrected chi connectivity index (χ3v) is 7.34. The molecule has 5 rings (SSSR count). The van der Waals surface area contributed by atoms with Crippen molar-refractivity contribution in [1.29, 1.82) is 0 Å². The number of anilines is 3. The Morgan fingerprint density at radius 1 is 1.06 bits per heavy atom. The molecule has 3 heterocycles. The summed E-state index contributed by atoms with van der Waals surface area (Å²) in [5, 5.41) is 13.3. The summed E-state index contributed by atoms with van der Waals surface area (Å²) in [5.41, 5.74) is 9.02. The second kappa shape index (κ2) is 10.4. The monoisotopic (exact) mass is 487 g/mol. The zero-order valence-corrected chi connectivity index (χ0v) is 20.7. The zero-order chi connectivity index (χ0) is 24.2. The van der Waals surface area contributed by atoms with Gasteiger partial charge in [0.05, 0.1) is 5.75 Å². The minimum absolute atomic E-state index is 0.185. The third-order valence-electron chi connectivity index (χ3n) is 6.40. The normalized spacial score (nSPS) is 17.9. The molecule has 35 heavy (non-hydrogen) atoms. The van der Waals surface area contributed by atoms with Crippen LogP contribution in [-0.4, -0.2) is 34.7 Å². The molecule has 1 aromatic carbocycles. The molecule has 1 fully saturated rings. The summed E-state index contributed by atoms with van der Waals surface area (Å²) < 4.78 is 2.29. The molecule has 2 atom stereocenters.